The van der Waals surface area contributed by atoms with Gasteiger partial charge in [0.2, 0.25) is 5.91 Å². The summed E-state index contributed by atoms with van der Waals surface area (Å²) >= 11 is 0. The van der Waals surface area contributed by atoms with Crippen molar-refractivity contribution < 1.29 is 13.6 Å². The van der Waals surface area contributed by atoms with E-state index >= 15 is 0 Å². The largest absolute Gasteiger partial charge is 0.322 e. The van der Waals surface area contributed by atoms with E-state index in [-0.39, 0.29) is 17.6 Å². The molecule has 3 nitrogen and oxygen atoms in total. The van der Waals surface area contributed by atoms with Crippen LogP contribution in [-0.4, -0.2) is 18.5 Å². The van der Waals surface area contributed by atoms with Crippen LogP contribution in [0.4, 0.5) is 14.5 Å². The summed E-state index contributed by atoms with van der Waals surface area (Å²) < 4.78 is 26.3. The number of hydrogen-bond acceptors (Lipinski definition) is 2. The maximum Gasteiger partial charge on any atom is 0.241 e. The lowest BCUT2D eigenvalue weighted by molar-refractivity contribution is -0.118. The fourth-order valence-electron chi connectivity index (χ4n) is 2.07. The van der Waals surface area contributed by atoms with Gasteiger partial charge in [-0.2, -0.15) is 0 Å². The summed E-state index contributed by atoms with van der Waals surface area (Å²) in [5.41, 5.74) is -0.106. The number of rotatable bonds is 2. The maximum absolute atomic E-state index is 13.4. The molecule has 0 saturated carbocycles. The van der Waals surface area contributed by atoms with Crippen molar-refractivity contribution in [1.29, 1.82) is 0 Å². The minimum absolute atomic E-state index is 0.106. The van der Waals surface area contributed by atoms with Crippen LogP contribution in [0.2, 0.25) is 0 Å². The highest BCUT2D eigenvalue weighted by Crippen LogP contribution is 2.17. The van der Waals surface area contributed by atoms with E-state index in [1.165, 1.54) is 0 Å². The van der Waals surface area contributed by atoms with Gasteiger partial charge in [-0.15, -0.1) is 0 Å². The van der Waals surface area contributed by atoms with E-state index in [1.807, 2.05) is 0 Å². The Bertz CT molecular complexity index is 429. The third kappa shape index (κ3) is 3.26. The third-order valence-corrected chi connectivity index (χ3v) is 3.06. The standard InChI is InChI=1S/C13H16F2N2O/c14-9-5-6-10(15)12(8-9)17-13(18)11-4-2-1-3-7-16-11/h5-6,8,11,16H,1-4,7H2,(H,17,18). The summed E-state index contributed by atoms with van der Waals surface area (Å²) in [6, 6.07) is 2.69. The Morgan fingerprint density at radius 3 is 2.94 bits per heavy atom. The molecule has 1 fully saturated rings. The van der Waals surface area contributed by atoms with E-state index in [0.717, 1.165) is 50.4 Å². The van der Waals surface area contributed by atoms with Crippen LogP contribution in [0.5, 0.6) is 0 Å². The van der Waals surface area contributed by atoms with E-state index in [1.54, 1.807) is 0 Å². The van der Waals surface area contributed by atoms with Crippen LogP contribution in [0, 0.1) is 11.6 Å². The molecule has 2 N–H and O–H groups in total. The quantitative estimate of drug-likeness (QED) is 0.851. The van der Waals surface area contributed by atoms with Crippen LogP contribution in [0.1, 0.15) is 25.7 Å². The van der Waals surface area contributed by atoms with Crippen molar-refractivity contribution in [1.82, 2.24) is 5.32 Å². The molecule has 1 heterocycles. The first-order chi connectivity index (χ1) is 8.66. The first-order valence-corrected chi connectivity index (χ1v) is 6.16. The number of amides is 1. The summed E-state index contributed by atoms with van der Waals surface area (Å²) in [7, 11) is 0. The van der Waals surface area contributed by atoms with E-state index in [2.05, 4.69) is 10.6 Å². The molecular weight excluding hydrogens is 238 g/mol. The molecule has 98 valence electrons. The molecule has 2 rings (SSSR count). The topological polar surface area (TPSA) is 41.1 Å². The summed E-state index contributed by atoms with van der Waals surface area (Å²) in [6.07, 6.45) is 3.82. The van der Waals surface area contributed by atoms with Gasteiger partial charge in [-0.3, -0.25) is 4.79 Å². The number of carbonyl (C=O) groups is 1. The molecule has 1 aromatic carbocycles. The first kappa shape index (κ1) is 13.0. The van der Waals surface area contributed by atoms with Crippen molar-refractivity contribution in [3.63, 3.8) is 0 Å². The van der Waals surface area contributed by atoms with Crippen molar-refractivity contribution in [2.75, 3.05) is 11.9 Å². The number of hydrogen-bond donors (Lipinski definition) is 2. The Kier molecular flexibility index (Phi) is 4.25. The van der Waals surface area contributed by atoms with E-state index in [0.29, 0.717) is 0 Å². The predicted molar refractivity (Wildman–Crippen MR) is 65.2 cm³/mol. The SMILES string of the molecule is O=C(Nc1cc(F)ccc1F)C1CCCCCN1. The Labute approximate surface area is 105 Å². The van der Waals surface area contributed by atoms with E-state index in [4.69, 9.17) is 0 Å². The fraction of sp³-hybridized carbons (Fsp3) is 0.462. The van der Waals surface area contributed by atoms with Crippen molar-refractivity contribution in [2.24, 2.45) is 0 Å². The number of nitrogens with one attached hydrogen (secondary N) is 2. The average molecular weight is 254 g/mol. The van der Waals surface area contributed by atoms with Crippen LogP contribution in [0.3, 0.4) is 0 Å². The van der Waals surface area contributed by atoms with Crippen molar-refractivity contribution in [2.45, 2.75) is 31.7 Å². The average Bonchev–Trinajstić information content (AvgIpc) is 2.62. The molecule has 1 unspecified atom stereocenters. The Morgan fingerprint density at radius 2 is 2.11 bits per heavy atom. The molecule has 1 aromatic rings. The highest BCUT2D eigenvalue weighted by Gasteiger charge is 2.20. The van der Waals surface area contributed by atoms with Crippen molar-refractivity contribution in [3.05, 3.63) is 29.8 Å². The van der Waals surface area contributed by atoms with Gasteiger partial charge in [-0.05, 0) is 31.5 Å². The number of benzene rings is 1. The molecule has 1 amide bonds. The zero-order valence-electron chi connectivity index (χ0n) is 10.0. The molecule has 1 aliphatic rings. The molecule has 5 heteroatoms. The lowest BCUT2D eigenvalue weighted by atomic mass is 10.1. The van der Waals surface area contributed by atoms with E-state index in [9.17, 15) is 13.6 Å². The Balaban J connectivity index is 2.03. The summed E-state index contributed by atoms with van der Waals surface area (Å²) in [5.74, 6) is -1.50. The summed E-state index contributed by atoms with van der Waals surface area (Å²) in [4.78, 5) is 11.9. The van der Waals surface area contributed by atoms with Crippen molar-refractivity contribution >= 4 is 11.6 Å². The molecule has 1 atom stereocenters. The van der Waals surface area contributed by atoms with Crippen LogP contribution in [0.25, 0.3) is 0 Å². The summed E-state index contributed by atoms with van der Waals surface area (Å²) in [5, 5.41) is 5.54. The molecule has 0 bridgehead atoms. The lowest BCUT2D eigenvalue weighted by Gasteiger charge is -2.15. The maximum atomic E-state index is 13.4. The van der Waals surface area contributed by atoms with Gasteiger partial charge in [0.1, 0.15) is 11.6 Å². The smallest absolute Gasteiger partial charge is 0.241 e. The zero-order valence-corrected chi connectivity index (χ0v) is 10.0. The van der Waals surface area contributed by atoms with E-state index < -0.39 is 11.6 Å². The predicted octanol–water partition coefficient (Wildman–Crippen LogP) is 2.44. The molecule has 0 radical (unpaired) electrons. The monoisotopic (exact) mass is 254 g/mol. The minimum atomic E-state index is -0.627. The fourth-order valence-corrected chi connectivity index (χ4v) is 2.07. The molecule has 0 aliphatic carbocycles. The van der Waals surface area contributed by atoms with Gasteiger partial charge in [0.25, 0.3) is 0 Å². The molecule has 0 aromatic heterocycles. The normalized spacial score (nSPS) is 20.2. The first-order valence-electron chi connectivity index (χ1n) is 6.16. The van der Waals surface area contributed by atoms with Gasteiger partial charge in [-0.25, -0.2) is 8.78 Å². The highest BCUT2D eigenvalue weighted by molar-refractivity contribution is 5.94. The number of anilines is 1. The van der Waals surface area contributed by atoms with Crippen LogP contribution < -0.4 is 10.6 Å². The molecule has 1 aliphatic heterocycles. The molecule has 0 spiro atoms. The molecule has 18 heavy (non-hydrogen) atoms. The van der Waals surface area contributed by atoms with Crippen LogP contribution in [-0.2, 0) is 4.79 Å². The molecule has 1 saturated heterocycles. The van der Waals surface area contributed by atoms with Crippen LogP contribution in [0.15, 0.2) is 18.2 Å². The van der Waals surface area contributed by atoms with Crippen molar-refractivity contribution in [3.8, 4) is 0 Å². The minimum Gasteiger partial charge on any atom is -0.322 e. The highest BCUT2D eigenvalue weighted by atomic mass is 19.1. The number of halogens is 2. The zero-order chi connectivity index (χ0) is 13.0. The molecular formula is C13H16F2N2O. The Hall–Kier alpha value is -1.49. The second-order valence-corrected chi connectivity index (χ2v) is 4.47. The summed E-state index contributed by atoms with van der Waals surface area (Å²) in [6.45, 7) is 0.781. The Morgan fingerprint density at radius 1 is 1.28 bits per heavy atom. The van der Waals surface area contributed by atoms with Gasteiger partial charge in [-0.1, -0.05) is 12.8 Å². The van der Waals surface area contributed by atoms with Gasteiger partial charge in [0.15, 0.2) is 0 Å². The van der Waals surface area contributed by atoms with Gasteiger partial charge >= 0.3 is 0 Å². The second kappa shape index (κ2) is 5.91. The lowest BCUT2D eigenvalue weighted by Crippen LogP contribution is -2.40. The number of carbonyl (C=O) groups excluding carboxylic acids is 1. The second-order valence-electron chi connectivity index (χ2n) is 4.47. The van der Waals surface area contributed by atoms with Gasteiger partial charge in [0.05, 0.1) is 11.7 Å². The van der Waals surface area contributed by atoms with Gasteiger partial charge < -0.3 is 10.6 Å². The third-order valence-electron chi connectivity index (χ3n) is 3.06. The van der Waals surface area contributed by atoms with Gasteiger partial charge in [0, 0.05) is 6.07 Å². The van der Waals surface area contributed by atoms with Crippen LogP contribution >= 0.6 is 0 Å².